The number of aromatic nitrogens is 1. The van der Waals surface area contributed by atoms with Gasteiger partial charge in [0.2, 0.25) is 0 Å². The minimum absolute atomic E-state index is 0.0933. The summed E-state index contributed by atoms with van der Waals surface area (Å²) in [6, 6.07) is 11.2. The van der Waals surface area contributed by atoms with Crippen molar-refractivity contribution in [1.29, 1.82) is 0 Å². The fourth-order valence-corrected chi connectivity index (χ4v) is 6.39. The fraction of sp³-hybridized carbons (Fsp3) is 0.304. The third-order valence-corrected chi connectivity index (χ3v) is 7.91. The zero-order valence-electron chi connectivity index (χ0n) is 16.9. The van der Waals surface area contributed by atoms with Crippen molar-refractivity contribution in [3.8, 4) is 5.00 Å². The highest BCUT2D eigenvalue weighted by atomic mass is 32.2. The van der Waals surface area contributed by atoms with Crippen LogP contribution in [0.1, 0.15) is 33.6 Å². The SMILES string of the molecule is O=C(Nc1ccc(NC(=O)C2CCCO2)cc1)c1c(-n2cccc2)sc2c1CCSC2. The number of rotatable bonds is 5. The highest BCUT2D eigenvalue weighted by Gasteiger charge is 2.27. The molecule has 1 saturated heterocycles. The average molecular weight is 454 g/mol. The number of nitrogens with zero attached hydrogens (tertiary/aromatic N) is 1. The number of nitrogens with one attached hydrogen (secondary N) is 2. The van der Waals surface area contributed by atoms with E-state index in [4.69, 9.17) is 4.74 Å². The second kappa shape index (κ2) is 8.90. The fourth-order valence-electron chi connectivity index (χ4n) is 3.94. The molecule has 1 atom stereocenters. The smallest absolute Gasteiger partial charge is 0.258 e. The molecule has 1 aromatic carbocycles. The zero-order chi connectivity index (χ0) is 21.2. The number of thiophene rings is 1. The van der Waals surface area contributed by atoms with Crippen molar-refractivity contribution in [3.05, 3.63) is 64.8 Å². The van der Waals surface area contributed by atoms with Crippen molar-refractivity contribution in [2.75, 3.05) is 23.0 Å². The van der Waals surface area contributed by atoms with E-state index in [1.165, 1.54) is 10.4 Å². The van der Waals surface area contributed by atoms with Gasteiger partial charge in [-0.15, -0.1) is 11.3 Å². The molecule has 2 N–H and O–H groups in total. The molecule has 2 aliphatic rings. The highest BCUT2D eigenvalue weighted by Crippen LogP contribution is 2.38. The van der Waals surface area contributed by atoms with E-state index in [9.17, 15) is 9.59 Å². The lowest BCUT2D eigenvalue weighted by molar-refractivity contribution is -0.124. The number of thioether (sulfide) groups is 1. The molecule has 0 radical (unpaired) electrons. The first kappa shape index (κ1) is 20.4. The molecule has 160 valence electrons. The molecular weight excluding hydrogens is 430 g/mol. The van der Waals surface area contributed by atoms with Crippen molar-refractivity contribution in [3.63, 3.8) is 0 Å². The third-order valence-electron chi connectivity index (χ3n) is 5.50. The molecule has 5 rings (SSSR count). The molecule has 31 heavy (non-hydrogen) atoms. The first-order valence-electron chi connectivity index (χ1n) is 10.4. The van der Waals surface area contributed by atoms with Gasteiger partial charge in [0.1, 0.15) is 11.1 Å². The second-order valence-electron chi connectivity index (χ2n) is 7.60. The van der Waals surface area contributed by atoms with Gasteiger partial charge in [-0.2, -0.15) is 11.8 Å². The maximum atomic E-state index is 13.3. The molecule has 2 amide bonds. The van der Waals surface area contributed by atoms with Gasteiger partial charge >= 0.3 is 0 Å². The van der Waals surface area contributed by atoms with E-state index in [0.717, 1.165) is 41.3 Å². The Balaban J connectivity index is 1.33. The lowest BCUT2D eigenvalue weighted by Crippen LogP contribution is -2.26. The van der Waals surface area contributed by atoms with E-state index >= 15 is 0 Å². The first-order valence-corrected chi connectivity index (χ1v) is 12.4. The van der Waals surface area contributed by atoms with Gasteiger partial charge in [0, 0.05) is 41.0 Å². The summed E-state index contributed by atoms with van der Waals surface area (Å²) >= 11 is 3.62. The van der Waals surface area contributed by atoms with Gasteiger partial charge in [-0.25, -0.2) is 0 Å². The van der Waals surface area contributed by atoms with Crippen LogP contribution < -0.4 is 10.6 Å². The Bertz CT molecular complexity index is 1080. The summed E-state index contributed by atoms with van der Waals surface area (Å²) in [5.74, 6) is 1.78. The van der Waals surface area contributed by atoms with Crippen LogP contribution in [-0.4, -0.2) is 34.8 Å². The van der Waals surface area contributed by atoms with Crippen molar-refractivity contribution in [2.45, 2.75) is 31.1 Å². The maximum absolute atomic E-state index is 13.3. The van der Waals surface area contributed by atoms with Crippen LogP contribution >= 0.6 is 23.1 Å². The summed E-state index contributed by atoms with van der Waals surface area (Å²) < 4.78 is 7.44. The summed E-state index contributed by atoms with van der Waals surface area (Å²) in [5.41, 5.74) is 3.33. The van der Waals surface area contributed by atoms with E-state index in [1.54, 1.807) is 23.5 Å². The van der Waals surface area contributed by atoms with Gasteiger partial charge in [0.15, 0.2) is 0 Å². The van der Waals surface area contributed by atoms with E-state index in [0.29, 0.717) is 18.0 Å². The van der Waals surface area contributed by atoms with Crippen LogP contribution in [0.25, 0.3) is 5.00 Å². The summed E-state index contributed by atoms with van der Waals surface area (Å²) in [6.45, 7) is 0.638. The summed E-state index contributed by atoms with van der Waals surface area (Å²) in [7, 11) is 0. The van der Waals surface area contributed by atoms with E-state index in [2.05, 4.69) is 10.6 Å². The molecule has 0 spiro atoms. The van der Waals surface area contributed by atoms with Crippen LogP contribution in [0.3, 0.4) is 0 Å². The molecule has 1 unspecified atom stereocenters. The zero-order valence-corrected chi connectivity index (χ0v) is 18.6. The Kier molecular flexibility index (Phi) is 5.85. The Morgan fingerprint density at radius 2 is 1.81 bits per heavy atom. The van der Waals surface area contributed by atoms with Crippen LogP contribution in [0.15, 0.2) is 48.8 Å². The van der Waals surface area contributed by atoms with Crippen LogP contribution in [-0.2, 0) is 21.7 Å². The van der Waals surface area contributed by atoms with Crippen LogP contribution in [0.2, 0.25) is 0 Å². The minimum atomic E-state index is -0.366. The quantitative estimate of drug-likeness (QED) is 0.588. The molecule has 1 fully saturated rings. The van der Waals surface area contributed by atoms with Crippen molar-refractivity contribution in [2.24, 2.45) is 0 Å². The average Bonchev–Trinajstić information content (AvgIpc) is 3.55. The van der Waals surface area contributed by atoms with Gasteiger partial charge in [-0.3, -0.25) is 9.59 Å². The van der Waals surface area contributed by atoms with Crippen molar-refractivity contribution in [1.82, 2.24) is 4.57 Å². The number of carbonyl (C=O) groups excluding carboxylic acids is 2. The van der Waals surface area contributed by atoms with Crippen LogP contribution in [0.4, 0.5) is 11.4 Å². The molecule has 0 bridgehead atoms. The molecule has 3 aromatic rings. The van der Waals surface area contributed by atoms with Crippen molar-refractivity contribution >= 4 is 46.3 Å². The lowest BCUT2D eigenvalue weighted by atomic mass is 10.1. The third kappa shape index (κ3) is 4.28. The monoisotopic (exact) mass is 453 g/mol. The number of amides is 2. The topological polar surface area (TPSA) is 72.4 Å². The molecule has 0 aliphatic carbocycles. The Hall–Kier alpha value is -2.55. The molecule has 4 heterocycles. The maximum Gasteiger partial charge on any atom is 0.258 e. The lowest BCUT2D eigenvalue weighted by Gasteiger charge is -2.14. The number of anilines is 2. The second-order valence-corrected chi connectivity index (χ2v) is 9.79. The first-order chi connectivity index (χ1) is 15.2. The molecule has 8 heteroatoms. The van der Waals surface area contributed by atoms with Gasteiger partial charge in [-0.1, -0.05) is 0 Å². The highest BCUT2D eigenvalue weighted by molar-refractivity contribution is 7.98. The standard InChI is InChI=1S/C23H23N3O3S2/c27-21(18-4-3-12-29-18)24-15-5-7-16(8-6-15)25-22(28)20-17-9-13-30-14-19(17)31-23(20)26-10-1-2-11-26/h1-2,5-8,10-11,18H,3-4,9,12-14H2,(H,24,27)(H,25,28). The number of fused-ring (bicyclic) bond motifs is 1. The predicted octanol–water partition coefficient (Wildman–Crippen LogP) is 4.70. The number of ether oxygens (including phenoxy) is 1. The summed E-state index contributed by atoms with van der Waals surface area (Å²) in [6.07, 6.45) is 6.18. The number of hydrogen-bond acceptors (Lipinski definition) is 5. The number of benzene rings is 1. The molecule has 2 aliphatic heterocycles. The van der Waals surface area contributed by atoms with E-state index in [-0.39, 0.29) is 17.9 Å². The van der Waals surface area contributed by atoms with Gasteiger partial charge in [0.05, 0.1) is 5.56 Å². The normalized spacial score (nSPS) is 17.9. The Labute approximate surface area is 189 Å². The molecular formula is C23H23N3O3S2. The van der Waals surface area contributed by atoms with Crippen molar-refractivity contribution < 1.29 is 14.3 Å². The number of carbonyl (C=O) groups is 2. The van der Waals surface area contributed by atoms with Crippen LogP contribution in [0, 0.1) is 0 Å². The predicted molar refractivity (Wildman–Crippen MR) is 126 cm³/mol. The molecule has 2 aromatic heterocycles. The minimum Gasteiger partial charge on any atom is -0.368 e. The largest absolute Gasteiger partial charge is 0.368 e. The molecule has 0 saturated carbocycles. The van der Waals surface area contributed by atoms with Gasteiger partial charge in [-0.05, 0) is 67.0 Å². The summed E-state index contributed by atoms with van der Waals surface area (Å²) in [5, 5.41) is 6.89. The van der Waals surface area contributed by atoms with E-state index < -0.39 is 0 Å². The van der Waals surface area contributed by atoms with Crippen LogP contribution in [0.5, 0.6) is 0 Å². The van der Waals surface area contributed by atoms with Gasteiger partial charge in [0.25, 0.3) is 11.8 Å². The summed E-state index contributed by atoms with van der Waals surface area (Å²) in [4.78, 5) is 26.8. The van der Waals surface area contributed by atoms with Gasteiger partial charge < -0.3 is 19.9 Å². The van der Waals surface area contributed by atoms with E-state index in [1.807, 2.05) is 53.0 Å². The Morgan fingerprint density at radius 3 is 2.52 bits per heavy atom. The molecule has 6 nitrogen and oxygen atoms in total. The number of hydrogen-bond donors (Lipinski definition) is 2. The Morgan fingerprint density at radius 1 is 1.06 bits per heavy atom.